The zero-order chi connectivity index (χ0) is 18.6. The van der Waals surface area contributed by atoms with Gasteiger partial charge in [0.15, 0.2) is 12.4 Å². The van der Waals surface area contributed by atoms with Crippen LogP contribution in [-0.4, -0.2) is 27.3 Å². The first-order chi connectivity index (χ1) is 12.4. The number of amides is 1. The van der Waals surface area contributed by atoms with Crippen LogP contribution in [0.3, 0.4) is 0 Å². The number of benzene rings is 1. The average Bonchev–Trinajstić information content (AvgIpc) is 3.09. The average molecular weight is 362 g/mol. The fourth-order valence-corrected chi connectivity index (χ4v) is 2.18. The number of nitrogens with zero attached hydrogens (tertiary/aromatic N) is 3. The number of carbonyl (C=O) groups is 1. The molecule has 0 aliphatic carbocycles. The fraction of sp³-hybridized carbons (Fsp3) is 0.118. The SMILES string of the molecule is O=C(COc1ccccc1C(F)(F)F)Nc1ccn(-c2ccncc2)n1. The van der Waals surface area contributed by atoms with Crippen molar-refractivity contribution in [2.75, 3.05) is 11.9 Å². The maximum Gasteiger partial charge on any atom is 0.419 e. The normalized spacial score (nSPS) is 11.2. The summed E-state index contributed by atoms with van der Waals surface area (Å²) in [5.74, 6) is -0.779. The lowest BCUT2D eigenvalue weighted by Gasteiger charge is -2.13. The molecule has 0 unspecified atom stereocenters. The van der Waals surface area contributed by atoms with Crippen molar-refractivity contribution < 1.29 is 22.7 Å². The molecule has 1 amide bonds. The van der Waals surface area contributed by atoms with Crippen molar-refractivity contribution in [1.29, 1.82) is 0 Å². The number of ether oxygens (including phenoxy) is 1. The molecule has 134 valence electrons. The molecular formula is C17H13F3N4O2. The van der Waals surface area contributed by atoms with Crippen LogP contribution in [0.4, 0.5) is 19.0 Å². The van der Waals surface area contributed by atoms with E-state index >= 15 is 0 Å². The van der Waals surface area contributed by atoms with Crippen LogP contribution < -0.4 is 10.1 Å². The minimum Gasteiger partial charge on any atom is -0.483 e. The molecule has 0 aliphatic rings. The fourth-order valence-electron chi connectivity index (χ4n) is 2.18. The van der Waals surface area contributed by atoms with Gasteiger partial charge < -0.3 is 10.1 Å². The van der Waals surface area contributed by atoms with Crippen LogP contribution in [0.25, 0.3) is 5.69 Å². The molecule has 3 aromatic rings. The summed E-state index contributed by atoms with van der Waals surface area (Å²) in [6.45, 7) is -0.574. The first kappa shape index (κ1) is 17.5. The van der Waals surface area contributed by atoms with Gasteiger partial charge in [-0.2, -0.15) is 18.3 Å². The van der Waals surface area contributed by atoms with E-state index in [9.17, 15) is 18.0 Å². The third-order valence-corrected chi connectivity index (χ3v) is 3.34. The first-order valence-electron chi connectivity index (χ1n) is 7.48. The molecule has 9 heteroatoms. The van der Waals surface area contributed by atoms with Gasteiger partial charge in [0.25, 0.3) is 5.91 Å². The number of anilines is 1. The van der Waals surface area contributed by atoms with Crippen molar-refractivity contribution in [2.24, 2.45) is 0 Å². The Labute approximate surface area is 146 Å². The molecule has 0 spiro atoms. The van der Waals surface area contributed by atoms with Gasteiger partial charge in [0.05, 0.1) is 11.3 Å². The second-order valence-corrected chi connectivity index (χ2v) is 5.18. The highest BCUT2D eigenvalue weighted by atomic mass is 19.4. The van der Waals surface area contributed by atoms with Crippen LogP contribution >= 0.6 is 0 Å². The van der Waals surface area contributed by atoms with Crippen molar-refractivity contribution in [3.8, 4) is 11.4 Å². The molecule has 0 saturated heterocycles. The molecule has 2 aromatic heterocycles. The maximum absolute atomic E-state index is 12.9. The van der Waals surface area contributed by atoms with Gasteiger partial charge in [-0.15, -0.1) is 0 Å². The van der Waals surface area contributed by atoms with Crippen LogP contribution in [0.5, 0.6) is 5.75 Å². The van der Waals surface area contributed by atoms with Gasteiger partial charge in [-0.1, -0.05) is 12.1 Å². The molecule has 0 atom stereocenters. The van der Waals surface area contributed by atoms with Gasteiger partial charge in [-0.05, 0) is 24.3 Å². The molecular weight excluding hydrogens is 349 g/mol. The van der Waals surface area contributed by atoms with E-state index in [0.717, 1.165) is 17.8 Å². The highest BCUT2D eigenvalue weighted by molar-refractivity contribution is 5.90. The topological polar surface area (TPSA) is 69.0 Å². The molecule has 6 nitrogen and oxygen atoms in total. The van der Waals surface area contributed by atoms with E-state index in [4.69, 9.17) is 4.74 Å². The number of hydrogen-bond acceptors (Lipinski definition) is 4. The highest BCUT2D eigenvalue weighted by Crippen LogP contribution is 2.35. The van der Waals surface area contributed by atoms with Gasteiger partial charge in [0.1, 0.15) is 5.75 Å². The van der Waals surface area contributed by atoms with Gasteiger partial charge in [-0.3, -0.25) is 9.78 Å². The minimum absolute atomic E-state index is 0.250. The molecule has 0 radical (unpaired) electrons. The van der Waals surface area contributed by atoms with Crippen molar-refractivity contribution in [3.05, 3.63) is 66.6 Å². The van der Waals surface area contributed by atoms with E-state index in [1.165, 1.54) is 16.8 Å². The summed E-state index contributed by atoms with van der Waals surface area (Å²) in [6.07, 6.45) is 0.267. The van der Waals surface area contributed by atoms with Crippen molar-refractivity contribution >= 4 is 11.7 Å². The largest absolute Gasteiger partial charge is 0.483 e. The lowest BCUT2D eigenvalue weighted by Crippen LogP contribution is -2.21. The Kier molecular flexibility index (Phi) is 4.87. The predicted octanol–water partition coefficient (Wildman–Crippen LogP) is 3.30. The molecule has 26 heavy (non-hydrogen) atoms. The van der Waals surface area contributed by atoms with E-state index in [2.05, 4.69) is 15.4 Å². The van der Waals surface area contributed by atoms with Gasteiger partial charge >= 0.3 is 6.18 Å². The Morgan fingerprint density at radius 1 is 1.12 bits per heavy atom. The standard InChI is InChI=1S/C17H13F3N4O2/c18-17(19,20)13-3-1-2-4-14(13)26-11-16(25)22-15-7-10-24(23-15)12-5-8-21-9-6-12/h1-10H,11H2,(H,22,23,25). The number of alkyl halides is 3. The quantitative estimate of drug-likeness (QED) is 0.756. The second-order valence-electron chi connectivity index (χ2n) is 5.18. The van der Waals surface area contributed by atoms with Gasteiger partial charge in [0.2, 0.25) is 0 Å². The summed E-state index contributed by atoms with van der Waals surface area (Å²) in [5, 5.41) is 6.62. The van der Waals surface area contributed by atoms with Crippen molar-refractivity contribution in [2.45, 2.75) is 6.18 Å². The third kappa shape index (κ3) is 4.18. The summed E-state index contributed by atoms with van der Waals surface area (Å²) < 4.78 is 45.2. The lowest BCUT2D eigenvalue weighted by atomic mass is 10.2. The zero-order valence-corrected chi connectivity index (χ0v) is 13.3. The summed E-state index contributed by atoms with van der Waals surface area (Å²) in [6, 6.07) is 9.73. The number of aromatic nitrogens is 3. The van der Waals surface area contributed by atoms with E-state index in [1.54, 1.807) is 36.8 Å². The van der Waals surface area contributed by atoms with Crippen LogP contribution in [0, 0.1) is 0 Å². The summed E-state index contributed by atoms with van der Waals surface area (Å²) in [4.78, 5) is 15.8. The maximum atomic E-state index is 12.9. The number of pyridine rings is 1. The lowest BCUT2D eigenvalue weighted by molar-refractivity contribution is -0.139. The Morgan fingerprint density at radius 2 is 1.85 bits per heavy atom. The van der Waals surface area contributed by atoms with Crippen LogP contribution in [-0.2, 0) is 11.0 Å². The van der Waals surface area contributed by atoms with Crippen molar-refractivity contribution in [3.63, 3.8) is 0 Å². The number of hydrogen-bond donors (Lipinski definition) is 1. The first-order valence-corrected chi connectivity index (χ1v) is 7.48. The Morgan fingerprint density at radius 3 is 2.58 bits per heavy atom. The highest BCUT2D eigenvalue weighted by Gasteiger charge is 2.34. The molecule has 0 saturated carbocycles. The van der Waals surface area contributed by atoms with Gasteiger partial charge in [-0.25, -0.2) is 4.68 Å². The number of para-hydroxylation sites is 1. The molecule has 1 aromatic carbocycles. The van der Waals surface area contributed by atoms with E-state index in [0.29, 0.717) is 0 Å². The smallest absolute Gasteiger partial charge is 0.419 e. The number of carbonyl (C=O) groups excluding carboxylic acids is 1. The van der Waals surface area contributed by atoms with Crippen LogP contribution in [0.1, 0.15) is 5.56 Å². The van der Waals surface area contributed by atoms with Gasteiger partial charge in [0, 0.05) is 24.7 Å². The molecule has 2 heterocycles. The van der Waals surface area contributed by atoms with Crippen LogP contribution in [0.15, 0.2) is 61.1 Å². The minimum atomic E-state index is -4.56. The number of nitrogens with one attached hydrogen (secondary N) is 1. The monoisotopic (exact) mass is 362 g/mol. The number of rotatable bonds is 5. The third-order valence-electron chi connectivity index (χ3n) is 3.34. The molecule has 0 aliphatic heterocycles. The zero-order valence-electron chi connectivity index (χ0n) is 13.3. The van der Waals surface area contributed by atoms with E-state index < -0.39 is 30.0 Å². The van der Waals surface area contributed by atoms with E-state index in [1.807, 2.05) is 0 Å². The summed E-state index contributed by atoms with van der Waals surface area (Å²) >= 11 is 0. The van der Waals surface area contributed by atoms with E-state index in [-0.39, 0.29) is 5.82 Å². The Balaban J connectivity index is 1.62. The molecule has 1 N–H and O–H groups in total. The van der Waals surface area contributed by atoms with Crippen LogP contribution in [0.2, 0.25) is 0 Å². The second kappa shape index (κ2) is 7.26. The molecule has 0 bridgehead atoms. The summed E-state index contributed by atoms with van der Waals surface area (Å²) in [5.41, 5.74) is -0.189. The summed E-state index contributed by atoms with van der Waals surface area (Å²) in [7, 11) is 0. The Hall–Kier alpha value is -3.36. The Bertz CT molecular complexity index is 894. The van der Waals surface area contributed by atoms with Crippen molar-refractivity contribution in [1.82, 2.24) is 14.8 Å². The molecule has 0 fully saturated rings. The number of halogens is 3. The molecule has 3 rings (SSSR count). The predicted molar refractivity (Wildman–Crippen MR) is 86.9 cm³/mol.